The highest BCUT2D eigenvalue weighted by Crippen LogP contribution is 2.21. The molecule has 0 unspecified atom stereocenters. The van der Waals surface area contributed by atoms with Gasteiger partial charge in [0.05, 0.1) is 0 Å². The van der Waals surface area contributed by atoms with Gasteiger partial charge in [-0.2, -0.15) is 0 Å². The first-order valence-corrected chi connectivity index (χ1v) is 7.02. The molecule has 0 amide bonds. The van der Waals surface area contributed by atoms with Gasteiger partial charge in [0.15, 0.2) is 5.16 Å². The van der Waals surface area contributed by atoms with Gasteiger partial charge in [0.25, 0.3) is 0 Å². The van der Waals surface area contributed by atoms with E-state index < -0.39 is 0 Å². The summed E-state index contributed by atoms with van der Waals surface area (Å²) in [6.45, 7) is 10.2. The molecule has 0 bridgehead atoms. The first-order chi connectivity index (χ1) is 8.52. The zero-order valence-electron chi connectivity index (χ0n) is 12.3. The third-order valence-corrected chi connectivity index (χ3v) is 2.53. The first kappa shape index (κ1) is 17.1. The van der Waals surface area contributed by atoms with Crippen molar-refractivity contribution in [2.24, 2.45) is 9.98 Å². The second-order valence-electron chi connectivity index (χ2n) is 4.47. The molecule has 0 spiro atoms. The number of rotatable bonds is 7. The number of unbranched alkanes of at least 4 members (excludes halogenated alkanes) is 2. The fraction of sp³-hybridized carbons (Fsp3) is 0.600. The molecule has 18 heavy (non-hydrogen) atoms. The van der Waals surface area contributed by atoms with Crippen molar-refractivity contribution >= 4 is 23.5 Å². The van der Waals surface area contributed by atoms with Crippen molar-refractivity contribution in [1.82, 2.24) is 0 Å². The van der Waals surface area contributed by atoms with E-state index >= 15 is 0 Å². The van der Waals surface area contributed by atoms with Gasteiger partial charge in [-0.05, 0) is 39.2 Å². The first-order valence-electron chi connectivity index (χ1n) is 6.64. The molecule has 0 saturated carbocycles. The van der Waals surface area contributed by atoms with Crippen LogP contribution in [0.15, 0.2) is 32.5 Å². The van der Waals surface area contributed by atoms with Crippen LogP contribution in [-0.2, 0) is 0 Å². The smallest absolute Gasteiger partial charge is 0.154 e. The minimum Gasteiger partial charge on any atom is -0.258 e. The summed E-state index contributed by atoms with van der Waals surface area (Å²) in [7, 11) is 0. The Kier molecular flexibility index (Phi) is 9.57. The van der Waals surface area contributed by atoms with Gasteiger partial charge < -0.3 is 0 Å². The lowest BCUT2D eigenvalue weighted by Crippen LogP contribution is -1.90. The maximum atomic E-state index is 6.23. The molecular formula is C15H25ClN2. The number of aliphatic imine (C=N–C) groups is 2. The highest BCUT2D eigenvalue weighted by atomic mass is 35.5. The summed E-state index contributed by atoms with van der Waals surface area (Å²) in [5, 5.41) is 0.479. The molecule has 0 aliphatic heterocycles. The summed E-state index contributed by atoms with van der Waals surface area (Å²) < 4.78 is 0. The zero-order chi connectivity index (χ0) is 14.0. The van der Waals surface area contributed by atoms with Crippen LogP contribution in [0.25, 0.3) is 0 Å². The third-order valence-electron chi connectivity index (χ3n) is 2.27. The normalized spacial score (nSPS) is 13.8. The van der Waals surface area contributed by atoms with E-state index in [1.807, 2.05) is 27.0 Å². The predicted molar refractivity (Wildman–Crippen MR) is 83.7 cm³/mol. The van der Waals surface area contributed by atoms with E-state index in [2.05, 4.69) is 29.9 Å². The minimum absolute atomic E-state index is 0.479. The van der Waals surface area contributed by atoms with E-state index in [9.17, 15) is 0 Å². The second kappa shape index (κ2) is 10.1. The Labute approximate surface area is 117 Å². The van der Waals surface area contributed by atoms with Crippen molar-refractivity contribution in [3.8, 4) is 0 Å². The van der Waals surface area contributed by atoms with Gasteiger partial charge in [-0.25, -0.2) is 4.99 Å². The Hall–Kier alpha value is -0.890. The molecule has 0 fully saturated rings. The van der Waals surface area contributed by atoms with Crippen molar-refractivity contribution in [2.45, 2.75) is 60.3 Å². The molecule has 0 aliphatic carbocycles. The molecule has 0 aromatic rings. The molecular weight excluding hydrogens is 244 g/mol. The average Bonchev–Trinajstić information content (AvgIpc) is 2.30. The number of allylic oxidation sites excluding steroid dienone is 2. The van der Waals surface area contributed by atoms with Crippen LogP contribution >= 0.6 is 11.6 Å². The highest BCUT2D eigenvalue weighted by molar-refractivity contribution is 6.30. The fourth-order valence-electron chi connectivity index (χ4n) is 1.31. The van der Waals surface area contributed by atoms with Gasteiger partial charge >= 0.3 is 0 Å². The van der Waals surface area contributed by atoms with Crippen LogP contribution in [0.5, 0.6) is 0 Å². The quantitative estimate of drug-likeness (QED) is 0.331. The summed E-state index contributed by atoms with van der Waals surface area (Å²) in [6.07, 6.45) is 8.30. The molecule has 2 nitrogen and oxygen atoms in total. The van der Waals surface area contributed by atoms with E-state index in [1.54, 1.807) is 0 Å². The summed E-state index contributed by atoms with van der Waals surface area (Å²) in [4.78, 5) is 8.76. The van der Waals surface area contributed by atoms with Crippen molar-refractivity contribution in [3.63, 3.8) is 0 Å². The number of hydrogen-bond donors (Lipinski definition) is 0. The molecule has 0 radical (unpaired) electrons. The largest absolute Gasteiger partial charge is 0.258 e. The SMILES string of the molecule is CCCC=NC(=C(\Cl)N=C(C)C)/C(C)=C/CCC. The van der Waals surface area contributed by atoms with Crippen LogP contribution in [-0.4, -0.2) is 11.9 Å². The second-order valence-corrected chi connectivity index (χ2v) is 4.83. The van der Waals surface area contributed by atoms with Gasteiger partial charge in [0.2, 0.25) is 0 Å². The average molecular weight is 269 g/mol. The third kappa shape index (κ3) is 7.44. The van der Waals surface area contributed by atoms with Crippen molar-refractivity contribution in [1.29, 1.82) is 0 Å². The summed E-state index contributed by atoms with van der Waals surface area (Å²) in [6, 6.07) is 0. The van der Waals surface area contributed by atoms with E-state index in [4.69, 9.17) is 11.6 Å². The van der Waals surface area contributed by atoms with Crippen LogP contribution < -0.4 is 0 Å². The molecule has 0 N–H and O–H groups in total. The number of halogens is 1. The summed E-state index contributed by atoms with van der Waals surface area (Å²) in [5.41, 5.74) is 2.82. The Morgan fingerprint density at radius 1 is 1.06 bits per heavy atom. The molecule has 0 aromatic carbocycles. The highest BCUT2D eigenvalue weighted by Gasteiger charge is 2.04. The van der Waals surface area contributed by atoms with E-state index in [0.29, 0.717) is 5.16 Å². The Balaban J connectivity index is 5.23. The van der Waals surface area contributed by atoms with E-state index in [-0.39, 0.29) is 0 Å². The van der Waals surface area contributed by atoms with Gasteiger partial charge in [-0.3, -0.25) is 4.99 Å². The molecule has 0 heterocycles. The topological polar surface area (TPSA) is 24.7 Å². The maximum absolute atomic E-state index is 6.23. The predicted octanol–water partition coefficient (Wildman–Crippen LogP) is 5.49. The maximum Gasteiger partial charge on any atom is 0.154 e. The van der Waals surface area contributed by atoms with Crippen LogP contribution in [0.1, 0.15) is 60.3 Å². The lowest BCUT2D eigenvalue weighted by molar-refractivity contribution is 0.947. The monoisotopic (exact) mass is 268 g/mol. The van der Waals surface area contributed by atoms with Crippen LogP contribution in [0.2, 0.25) is 0 Å². The Morgan fingerprint density at radius 2 is 1.67 bits per heavy atom. The molecule has 3 heteroatoms. The van der Waals surface area contributed by atoms with E-state index in [0.717, 1.165) is 42.7 Å². The van der Waals surface area contributed by atoms with Gasteiger partial charge in [-0.15, -0.1) is 0 Å². The standard InChI is InChI=1S/C15H25ClN2/c1-6-8-10-13(5)14(17-11-9-7-2)15(16)18-12(3)4/h10-11H,6-9H2,1-5H3/b13-10+,15-14+,17-11?. The van der Waals surface area contributed by atoms with Crippen LogP contribution in [0.3, 0.4) is 0 Å². The molecule has 102 valence electrons. The minimum atomic E-state index is 0.479. The van der Waals surface area contributed by atoms with Crippen molar-refractivity contribution in [2.75, 3.05) is 0 Å². The van der Waals surface area contributed by atoms with Crippen LogP contribution in [0, 0.1) is 0 Å². The van der Waals surface area contributed by atoms with Crippen molar-refractivity contribution < 1.29 is 0 Å². The van der Waals surface area contributed by atoms with Crippen LogP contribution in [0.4, 0.5) is 0 Å². The molecule has 0 aliphatic rings. The molecule has 0 aromatic heterocycles. The van der Waals surface area contributed by atoms with E-state index in [1.165, 1.54) is 0 Å². The zero-order valence-corrected chi connectivity index (χ0v) is 13.0. The lowest BCUT2D eigenvalue weighted by atomic mass is 10.1. The number of hydrogen-bond acceptors (Lipinski definition) is 2. The Morgan fingerprint density at radius 3 is 2.17 bits per heavy atom. The summed E-state index contributed by atoms with van der Waals surface area (Å²) in [5.74, 6) is 0. The molecule has 0 atom stereocenters. The Bertz CT molecular complexity index is 359. The van der Waals surface area contributed by atoms with Crippen molar-refractivity contribution in [3.05, 3.63) is 22.5 Å². The fourth-order valence-corrected chi connectivity index (χ4v) is 1.68. The molecule has 0 saturated heterocycles. The summed E-state index contributed by atoms with van der Waals surface area (Å²) >= 11 is 6.23. The lowest BCUT2D eigenvalue weighted by Gasteiger charge is -2.04. The number of nitrogens with zero attached hydrogens (tertiary/aromatic N) is 2. The molecule has 0 rings (SSSR count). The van der Waals surface area contributed by atoms with Gasteiger partial charge in [-0.1, -0.05) is 44.4 Å². The van der Waals surface area contributed by atoms with Gasteiger partial charge in [0, 0.05) is 11.9 Å². The van der Waals surface area contributed by atoms with Gasteiger partial charge in [0.1, 0.15) is 5.70 Å².